The van der Waals surface area contributed by atoms with Gasteiger partial charge in [0, 0.05) is 0 Å². The van der Waals surface area contributed by atoms with E-state index in [1.807, 2.05) is 37.2 Å². The zero-order valence-corrected chi connectivity index (χ0v) is 9.61. The van der Waals surface area contributed by atoms with Gasteiger partial charge >= 0.3 is 87.2 Å². The second kappa shape index (κ2) is 5.05. The van der Waals surface area contributed by atoms with Gasteiger partial charge < -0.3 is 0 Å². The van der Waals surface area contributed by atoms with Crippen LogP contribution in [0.5, 0.6) is 0 Å². The molecule has 13 heavy (non-hydrogen) atoms. The van der Waals surface area contributed by atoms with Crippen molar-refractivity contribution in [2.75, 3.05) is 14.1 Å². The molecule has 1 aromatic carbocycles. The molecular formula is C10H13N2Se. The molecular weight excluding hydrogens is 227 g/mol. The molecule has 2 nitrogen and oxygen atoms in total. The summed E-state index contributed by atoms with van der Waals surface area (Å²) in [5.74, 6) is 0. The van der Waals surface area contributed by atoms with E-state index in [-0.39, 0.29) is 0 Å². The number of benzene rings is 1. The van der Waals surface area contributed by atoms with Crippen molar-refractivity contribution in [1.29, 1.82) is 0 Å². The van der Waals surface area contributed by atoms with Crippen molar-refractivity contribution >= 4 is 20.7 Å². The van der Waals surface area contributed by atoms with Gasteiger partial charge in [-0.2, -0.15) is 0 Å². The van der Waals surface area contributed by atoms with Crippen molar-refractivity contribution in [2.45, 2.75) is 6.54 Å². The van der Waals surface area contributed by atoms with E-state index in [1.54, 1.807) is 0 Å². The Morgan fingerprint density at radius 1 is 1.31 bits per heavy atom. The molecule has 0 atom stereocenters. The molecule has 0 aliphatic rings. The third kappa shape index (κ3) is 3.62. The summed E-state index contributed by atoms with van der Waals surface area (Å²) in [6.45, 7) is 0.737. The molecule has 0 unspecified atom stereocenters. The first-order valence-corrected chi connectivity index (χ1v) is 4.98. The fourth-order valence-electron chi connectivity index (χ4n) is 0.884. The molecule has 0 heterocycles. The Morgan fingerprint density at radius 3 is 2.46 bits per heavy atom. The third-order valence-corrected chi connectivity index (χ3v) is 2.66. The minimum absolute atomic E-state index is 0.737. The van der Waals surface area contributed by atoms with Crippen LogP contribution in [0.1, 0.15) is 5.56 Å². The summed E-state index contributed by atoms with van der Waals surface area (Å²) in [5.41, 5.74) is 1.23. The monoisotopic (exact) mass is 241 g/mol. The van der Waals surface area contributed by atoms with Crippen molar-refractivity contribution in [3.8, 4) is 0 Å². The van der Waals surface area contributed by atoms with Gasteiger partial charge in [-0.3, -0.25) is 0 Å². The van der Waals surface area contributed by atoms with Gasteiger partial charge in [-0.05, 0) is 0 Å². The number of hydrogen-bond donors (Lipinski definition) is 0. The van der Waals surface area contributed by atoms with E-state index in [9.17, 15) is 0 Å². The molecule has 0 bridgehead atoms. The second-order valence-electron chi connectivity index (χ2n) is 2.98. The van der Waals surface area contributed by atoms with E-state index in [2.05, 4.69) is 33.1 Å². The Hall–Kier alpha value is -0.791. The van der Waals surface area contributed by atoms with Gasteiger partial charge in [0.1, 0.15) is 0 Å². The number of amidine groups is 1. The minimum atomic E-state index is 0.737. The first kappa shape index (κ1) is 10.3. The van der Waals surface area contributed by atoms with Crippen molar-refractivity contribution < 1.29 is 0 Å². The van der Waals surface area contributed by atoms with Crippen LogP contribution in [0.15, 0.2) is 35.3 Å². The average Bonchev–Trinajstić information content (AvgIpc) is 2.15. The SMILES string of the molecule is CN(C)C([Se])=NCc1ccccc1. The van der Waals surface area contributed by atoms with Crippen LogP contribution in [-0.2, 0) is 6.54 Å². The normalized spacial score (nSPS) is 11.4. The molecule has 0 aliphatic heterocycles. The number of aliphatic imine (C=N–C) groups is 1. The summed E-state index contributed by atoms with van der Waals surface area (Å²) in [7, 11) is 3.95. The van der Waals surface area contributed by atoms with E-state index in [0.29, 0.717) is 0 Å². The molecule has 1 aromatic rings. The van der Waals surface area contributed by atoms with Crippen LogP contribution in [0.4, 0.5) is 0 Å². The third-order valence-electron chi connectivity index (χ3n) is 1.62. The Morgan fingerprint density at radius 2 is 1.92 bits per heavy atom. The Bertz CT molecular complexity index is 280. The van der Waals surface area contributed by atoms with E-state index in [0.717, 1.165) is 11.3 Å². The van der Waals surface area contributed by atoms with Gasteiger partial charge in [-0.15, -0.1) is 0 Å². The van der Waals surface area contributed by atoms with Crippen LogP contribution < -0.4 is 0 Å². The van der Waals surface area contributed by atoms with Crippen LogP contribution in [0.25, 0.3) is 0 Å². The molecule has 69 valence electrons. The Kier molecular flexibility index (Phi) is 4.00. The summed E-state index contributed by atoms with van der Waals surface area (Å²) in [6, 6.07) is 10.2. The molecule has 0 saturated carbocycles. The zero-order chi connectivity index (χ0) is 9.68. The maximum atomic E-state index is 4.38. The Labute approximate surface area is 87.5 Å². The number of hydrogen-bond acceptors (Lipinski definition) is 1. The van der Waals surface area contributed by atoms with Crippen LogP contribution in [-0.4, -0.2) is 39.7 Å². The van der Waals surface area contributed by atoms with Gasteiger partial charge in [0.05, 0.1) is 0 Å². The molecule has 0 amide bonds. The van der Waals surface area contributed by atoms with Gasteiger partial charge in [-0.25, -0.2) is 0 Å². The summed E-state index contributed by atoms with van der Waals surface area (Å²) >= 11 is 2.92. The topological polar surface area (TPSA) is 15.6 Å². The molecule has 0 saturated heterocycles. The molecule has 0 aromatic heterocycles. The predicted octanol–water partition coefficient (Wildman–Crippen LogP) is 1.27. The van der Waals surface area contributed by atoms with E-state index >= 15 is 0 Å². The average molecular weight is 240 g/mol. The quantitative estimate of drug-likeness (QED) is 0.432. The first-order chi connectivity index (χ1) is 6.20. The van der Waals surface area contributed by atoms with E-state index in [1.165, 1.54) is 5.56 Å². The Balaban J connectivity index is 2.57. The predicted molar refractivity (Wildman–Crippen MR) is 57.0 cm³/mol. The summed E-state index contributed by atoms with van der Waals surface area (Å²) in [6.07, 6.45) is 0. The molecule has 0 N–H and O–H groups in total. The van der Waals surface area contributed by atoms with Gasteiger partial charge in [0.25, 0.3) is 0 Å². The van der Waals surface area contributed by atoms with Crippen LogP contribution in [0, 0.1) is 0 Å². The zero-order valence-electron chi connectivity index (χ0n) is 7.90. The van der Waals surface area contributed by atoms with Crippen LogP contribution >= 0.6 is 0 Å². The van der Waals surface area contributed by atoms with Gasteiger partial charge in [0.15, 0.2) is 0 Å². The van der Waals surface area contributed by atoms with E-state index < -0.39 is 0 Å². The molecule has 1 radical (unpaired) electrons. The summed E-state index contributed by atoms with van der Waals surface area (Å²) in [4.78, 5) is 6.34. The van der Waals surface area contributed by atoms with E-state index in [4.69, 9.17) is 0 Å². The molecule has 1 rings (SSSR count). The number of rotatable bonds is 2. The molecule has 0 aliphatic carbocycles. The summed E-state index contributed by atoms with van der Waals surface area (Å²) < 4.78 is 0.934. The first-order valence-electron chi connectivity index (χ1n) is 4.13. The molecule has 3 heteroatoms. The van der Waals surface area contributed by atoms with Gasteiger partial charge in [-0.1, -0.05) is 0 Å². The molecule has 0 fully saturated rings. The van der Waals surface area contributed by atoms with Gasteiger partial charge in [0.2, 0.25) is 0 Å². The maximum absolute atomic E-state index is 4.38. The molecule has 0 spiro atoms. The number of nitrogens with zero attached hydrogens (tertiary/aromatic N) is 2. The van der Waals surface area contributed by atoms with Crippen LogP contribution in [0.3, 0.4) is 0 Å². The standard InChI is InChI=1S/C10H13N2Se/c1-12(2)10(13)11-8-9-6-4-3-5-7-9/h3-7H,8H2,1-2H3. The fourth-order valence-corrected chi connectivity index (χ4v) is 1.02. The van der Waals surface area contributed by atoms with Crippen molar-refractivity contribution in [1.82, 2.24) is 4.90 Å². The summed E-state index contributed by atoms with van der Waals surface area (Å²) in [5, 5.41) is 0. The second-order valence-corrected chi connectivity index (χ2v) is 3.74. The van der Waals surface area contributed by atoms with Crippen molar-refractivity contribution in [2.24, 2.45) is 4.99 Å². The van der Waals surface area contributed by atoms with Crippen LogP contribution in [0.2, 0.25) is 0 Å². The van der Waals surface area contributed by atoms with Crippen molar-refractivity contribution in [3.63, 3.8) is 0 Å². The fraction of sp³-hybridized carbons (Fsp3) is 0.300. The van der Waals surface area contributed by atoms with Crippen molar-refractivity contribution in [3.05, 3.63) is 35.9 Å².